The Kier molecular flexibility index (Phi) is 7.31. The summed E-state index contributed by atoms with van der Waals surface area (Å²) < 4.78 is 1.61. The molecule has 1 unspecified atom stereocenters. The van der Waals surface area contributed by atoms with E-state index in [4.69, 9.17) is 11.6 Å². The van der Waals surface area contributed by atoms with Gasteiger partial charge in [-0.3, -0.25) is 14.5 Å². The summed E-state index contributed by atoms with van der Waals surface area (Å²) in [4.78, 5) is 28.6. The summed E-state index contributed by atoms with van der Waals surface area (Å²) >= 11 is 7.24. The zero-order valence-electron chi connectivity index (χ0n) is 20.3. The molecule has 1 saturated heterocycles. The number of hydrogen-bond donors (Lipinski definition) is 1. The van der Waals surface area contributed by atoms with E-state index in [1.165, 1.54) is 16.7 Å². The van der Waals surface area contributed by atoms with E-state index in [2.05, 4.69) is 10.4 Å². The number of carbonyl (C=O) groups is 2. The fourth-order valence-electron chi connectivity index (χ4n) is 4.17. The van der Waals surface area contributed by atoms with E-state index in [1.54, 1.807) is 35.0 Å². The monoisotopic (exact) mass is 539 g/mol. The van der Waals surface area contributed by atoms with Crippen LogP contribution in [0.25, 0.3) is 5.69 Å². The lowest BCUT2D eigenvalue weighted by Crippen LogP contribution is -2.31. The zero-order valence-corrected chi connectivity index (χ0v) is 21.9. The molecule has 1 fully saturated rings. The minimum atomic E-state index is -0.618. The molecule has 0 bridgehead atoms. The Balaban J connectivity index is 1.51. The molecule has 1 aliphatic heterocycles. The lowest BCUT2D eigenvalue weighted by Gasteiger charge is -2.18. The highest BCUT2D eigenvalue weighted by atomic mass is 35.5. The first-order chi connectivity index (χ1) is 18.4. The standard InChI is InChI=1S/C29H22ClN5O2S/c1-19-16-26(35(33-19)23-10-6-3-7-11-23)32-27(36)24(18-31)29-34(22-8-4-2-5-9-22)28(37)25(38-29)17-20-12-14-21(30)15-13-20/h2-16,25H,17H2,1H3,(H,32,36)/b29-24-. The van der Waals surface area contributed by atoms with Crippen molar-refractivity contribution in [3.05, 3.63) is 118 Å². The van der Waals surface area contributed by atoms with Gasteiger partial charge in [-0.25, -0.2) is 4.68 Å². The fraction of sp³-hybridized carbons (Fsp3) is 0.103. The number of nitriles is 1. The van der Waals surface area contributed by atoms with Crippen molar-refractivity contribution < 1.29 is 9.59 Å². The normalized spacial score (nSPS) is 16.3. The molecule has 1 atom stereocenters. The lowest BCUT2D eigenvalue weighted by molar-refractivity contribution is -0.117. The number of aryl methyl sites for hydroxylation is 1. The van der Waals surface area contributed by atoms with E-state index in [0.29, 0.717) is 33.7 Å². The van der Waals surface area contributed by atoms with E-state index in [1.807, 2.05) is 73.7 Å². The van der Waals surface area contributed by atoms with Crippen LogP contribution in [0.15, 0.2) is 102 Å². The van der Waals surface area contributed by atoms with Crippen molar-refractivity contribution in [3.8, 4) is 11.8 Å². The average Bonchev–Trinajstić information content (AvgIpc) is 3.45. The Labute approximate surface area is 229 Å². The van der Waals surface area contributed by atoms with E-state index < -0.39 is 11.2 Å². The van der Waals surface area contributed by atoms with Crippen molar-refractivity contribution in [2.45, 2.75) is 18.6 Å². The lowest BCUT2D eigenvalue weighted by atomic mass is 10.1. The Bertz CT molecular complexity index is 1560. The summed E-state index contributed by atoms with van der Waals surface area (Å²) in [6.45, 7) is 1.82. The molecule has 0 saturated carbocycles. The van der Waals surface area contributed by atoms with Gasteiger partial charge in [0.1, 0.15) is 22.5 Å². The highest BCUT2D eigenvalue weighted by Crippen LogP contribution is 2.42. The van der Waals surface area contributed by atoms with Crippen molar-refractivity contribution in [1.82, 2.24) is 9.78 Å². The molecular formula is C29H22ClN5O2S. The van der Waals surface area contributed by atoms with Gasteiger partial charge in [0.2, 0.25) is 5.91 Å². The van der Waals surface area contributed by atoms with Crippen LogP contribution in [0, 0.1) is 18.3 Å². The summed E-state index contributed by atoms with van der Waals surface area (Å²) in [6.07, 6.45) is 0.424. The van der Waals surface area contributed by atoms with Crippen LogP contribution in [-0.2, 0) is 16.0 Å². The predicted molar refractivity (Wildman–Crippen MR) is 150 cm³/mol. The molecule has 3 aromatic carbocycles. The van der Waals surface area contributed by atoms with Gasteiger partial charge < -0.3 is 5.32 Å². The third-order valence-electron chi connectivity index (χ3n) is 5.93. The van der Waals surface area contributed by atoms with Gasteiger partial charge in [-0.05, 0) is 55.3 Å². The maximum atomic E-state index is 13.6. The Hall–Kier alpha value is -4.32. The van der Waals surface area contributed by atoms with Crippen LogP contribution in [0.4, 0.5) is 11.5 Å². The first kappa shape index (κ1) is 25.3. The number of carbonyl (C=O) groups excluding carboxylic acids is 2. The highest BCUT2D eigenvalue weighted by molar-refractivity contribution is 8.05. The quantitative estimate of drug-likeness (QED) is 0.243. The molecule has 2 amide bonds. The largest absolute Gasteiger partial charge is 0.306 e. The minimum Gasteiger partial charge on any atom is -0.306 e. The van der Waals surface area contributed by atoms with Gasteiger partial charge >= 0.3 is 0 Å². The Morgan fingerprint density at radius 2 is 1.66 bits per heavy atom. The second-order valence-electron chi connectivity index (χ2n) is 8.61. The first-order valence-corrected chi connectivity index (χ1v) is 13.1. The average molecular weight is 540 g/mol. The second-order valence-corrected chi connectivity index (χ2v) is 10.2. The van der Waals surface area contributed by atoms with Crippen LogP contribution in [0.2, 0.25) is 5.02 Å². The van der Waals surface area contributed by atoms with Crippen LogP contribution in [0.3, 0.4) is 0 Å². The molecule has 4 aromatic rings. The molecule has 38 heavy (non-hydrogen) atoms. The Morgan fingerprint density at radius 1 is 1.03 bits per heavy atom. The van der Waals surface area contributed by atoms with Crippen LogP contribution in [0.5, 0.6) is 0 Å². The first-order valence-electron chi connectivity index (χ1n) is 11.8. The number of aromatic nitrogens is 2. The number of para-hydroxylation sites is 2. The van der Waals surface area contributed by atoms with Gasteiger partial charge in [0.25, 0.3) is 5.91 Å². The predicted octanol–water partition coefficient (Wildman–Crippen LogP) is 5.90. The summed E-state index contributed by atoms with van der Waals surface area (Å²) in [7, 11) is 0. The number of benzene rings is 3. The minimum absolute atomic E-state index is 0.149. The fourth-order valence-corrected chi connectivity index (χ4v) is 5.60. The maximum absolute atomic E-state index is 13.6. The van der Waals surface area contributed by atoms with Crippen LogP contribution < -0.4 is 10.2 Å². The SMILES string of the molecule is Cc1cc(NC(=O)/C(C#N)=C2\SC(Cc3ccc(Cl)cc3)C(=O)N2c2ccccc2)n(-c2ccccc2)n1. The van der Waals surface area contributed by atoms with E-state index in [0.717, 1.165) is 11.3 Å². The van der Waals surface area contributed by atoms with E-state index in [9.17, 15) is 14.9 Å². The van der Waals surface area contributed by atoms with Crippen molar-refractivity contribution >= 4 is 46.7 Å². The maximum Gasteiger partial charge on any atom is 0.270 e. The molecule has 0 aliphatic carbocycles. The summed E-state index contributed by atoms with van der Waals surface area (Å²) in [5, 5.41) is 17.8. The van der Waals surface area contributed by atoms with Gasteiger partial charge in [0.05, 0.1) is 16.6 Å². The topological polar surface area (TPSA) is 91.0 Å². The van der Waals surface area contributed by atoms with Gasteiger partial charge in [0, 0.05) is 16.8 Å². The molecular weight excluding hydrogens is 518 g/mol. The zero-order chi connectivity index (χ0) is 26.6. The van der Waals surface area contributed by atoms with Gasteiger partial charge in [-0.1, -0.05) is 71.9 Å². The van der Waals surface area contributed by atoms with Gasteiger partial charge in [0.15, 0.2) is 0 Å². The van der Waals surface area contributed by atoms with Crippen molar-refractivity contribution in [3.63, 3.8) is 0 Å². The molecule has 0 radical (unpaired) electrons. The molecule has 188 valence electrons. The molecule has 2 heterocycles. The Morgan fingerprint density at radius 3 is 2.29 bits per heavy atom. The number of hydrogen-bond acceptors (Lipinski definition) is 5. The number of thioether (sulfide) groups is 1. The number of amides is 2. The van der Waals surface area contributed by atoms with Gasteiger partial charge in [-0.2, -0.15) is 10.4 Å². The molecule has 9 heteroatoms. The number of halogens is 1. The van der Waals surface area contributed by atoms with Crippen molar-refractivity contribution in [1.29, 1.82) is 5.26 Å². The molecule has 1 aromatic heterocycles. The van der Waals surface area contributed by atoms with E-state index in [-0.39, 0.29) is 11.5 Å². The van der Waals surface area contributed by atoms with E-state index >= 15 is 0 Å². The number of anilines is 2. The third-order valence-corrected chi connectivity index (χ3v) is 7.44. The van der Waals surface area contributed by atoms with Gasteiger partial charge in [-0.15, -0.1) is 0 Å². The number of nitrogens with zero attached hydrogens (tertiary/aromatic N) is 4. The number of rotatable bonds is 6. The van der Waals surface area contributed by atoms with Crippen molar-refractivity contribution in [2.75, 3.05) is 10.2 Å². The molecule has 0 spiro atoms. The molecule has 1 aliphatic rings. The molecule has 5 rings (SSSR count). The summed E-state index contributed by atoms with van der Waals surface area (Å²) in [5.74, 6) is -0.393. The summed E-state index contributed by atoms with van der Waals surface area (Å²) in [5.41, 5.74) is 2.84. The smallest absolute Gasteiger partial charge is 0.270 e. The molecule has 7 nitrogen and oxygen atoms in total. The van der Waals surface area contributed by atoms with Crippen LogP contribution in [-0.4, -0.2) is 26.8 Å². The number of nitrogens with one attached hydrogen (secondary N) is 1. The van der Waals surface area contributed by atoms with Crippen LogP contribution in [0.1, 0.15) is 11.3 Å². The second kappa shape index (κ2) is 11.0. The molecule has 1 N–H and O–H groups in total. The highest BCUT2D eigenvalue weighted by Gasteiger charge is 2.40. The summed E-state index contributed by atoms with van der Waals surface area (Å²) in [6, 6.07) is 29.5. The third kappa shape index (κ3) is 5.21. The van der Waals surface area contributed by atoms with Crippen molar-refractivity contribution in [2.24, 2.45) is 0 Å². The van der Waals surface area contributed by atoms with Crippen LogP contribution >= 0.6 is 23.4 Å².